The van der Waals surface area contributed by atoms with Crippen molar-refractivity contribution in [3.05, 3.63) is 24.0 Å². The maximum absolute atomic E-state index is 12.0. The van der Waals surface area contributed by atoms with Gasteiger partial charge >= 0.3 is 0 Å². The van der Waals surface area contributed by atoms with Gasteiger partial charge in [0.25, 0.3) is 5.91 Å². The van der Waals surface area contributed by atoms with Gasteiger partial charge in [-0.1, -0.05) is 20.8 Å². The highest BCUT2D eigenvalue weighted by molar-refractivity contribution is 5.92. The highest BCUT2D eigenvalue weighted by atomic mass is 16.2. The van der Waals surface area contributed by atoms with Crippen LogP contribution in [0.4, 0.5) is 5.69 Å². The lowest BCUT2D eigenvalue weighted by molar-refractivity contribution is 0.0822. The minimum absolute atomic E-state index is 0.0319. The molecule has 0 radical (unpaired) electrons. The summed E-state index contributed by atoms with van der Waals surface area (Å²) in [4.78, 5) is 20.0. The van der Waals surface area contributed by atoms with E-state index in [9.17, 15) is 4.79 Å². The molecule has 5 heteroatoms. The van der Waals surface area contributed by atoms with Crippen molar-refractivity contribution >= 4 is 11.6 Å². The number of amides is 1. The first-order chi connectivity index (χ1) is 9.80. The molecule has 5 nitrogen and oxygen atoms in total. The Labute approximate surface area is 128 Å². The lowest BCUT2D eigenvalue weighted by Crippen LogP contribution is -2.39. The Balaban J connectivity index is 3.03. The van der Waals surface area contributed by atoms with Crippen LogP contribution in [0.5, 0.6) is 0 Å². The highest BCUT2D eigenvalue weighted by Crippen LogP contribution is 2.22. The molecule has 0 aliphatic carbocycles. The molecule has 1 rings (SSSR count). The second-order valence-corrected chi connectivity index (χ2v) is 6.39. The van der Waals surface area contributed by atoms with Gasteiger partial charge in [0.05, 0.1) is 0 Å². The zero-order chi connectivity index (χ0) is 16.0. The van der Waals surface area contributed by atoms with E-state index < -0.39 is 0 Å². The third-order valence-electron chi connectivity index (χ3n) is 3.40. The quantitative estimate of drug-likeness (QED) is 0.835. The molecule has 1 aromatic rings. The molecule has 0 bridgehead atoms. The second-order valence-electron chi connectivity index (χ2n) is 6.39. The van der Waals surface area contributed by atoms with Crippen molar-refractivity contribution in [3.8, 4) is 0 Å². The maximum atomic E-state index is 12.0. The van der Waals surface area contributed by atoms with Crippen molar-refractivity contribution in [2.45, 2.75) is 27.2 Å². The lowest BCUT2D eigenvalue weighted by atomic mass is 9.92. The van der Waals surface area contributed by atoms with E-state index in [-0.39, 0.29) is 11.3 Å². The predicted molar refractivity (Wildman–Crippen MR) is 87.6 cm³/mol. The van der Waals surface area contributed by atoms with Gasteiger partial charge in [0, 0.05) is 39.1 Å². The Bertz CT molecular complexity index is 471. The first-order valence-corrected chi connectivity index (χ1v) is 7.43. The van der Waals surface area contributed by atoms with Gasteiger partial charge in [-0.2, -0.15) is 0 Å². The number of carbonyl (C=O) groups excluding carboxylic acids is 1. The van der Waals surface area contributed by atoms with Gasteiger partial charge < -0.3 is 15.5 Å². The van der Waals surface area contributed by atoms with Gasteiger partial charge in [-0.05, 0) is 30.5 Å². The van der Waals surface area contributed by atoms with Gasteiger partial charge in [0.1, 0.15) is 5.69 Å². The summed E-state index contributed by atoms with van der Waals surface area (Å²) in [5.74, 6) is -0.0774. The number of aromatic nitrogens is 1. The number of carbonyl (C=O) groups is 1. The fourth-order valence-corrected chi connectivity index (χ4v) is 2.11. The van der Waals surface area contributed by atoms with Crippen molar-refractivity contribution in [2.75, 3.05) is 38.6 Å². The molecule has 1 heterocycles. The molecule has 1 aromatic heterocycles. The van der Waals surface area contributed by atoms with Crippen molar-refractivity contribution in [1.29, 1.82) is 0 Å². The molecule has 0 fully saturated rings. The van der Waals surface area contributed by atoms with E-state index in [1.165, 1.54) is 0 Å². The van der Waals surface area contributed by atoms with E-state index in [0.717, 1.165) is 25.2 Å². The number of nitrogens with zero attached hydrogens (tertiary/aromatic N) is 3. The van der Waals surface area contributed by atoms with E-state index in [4.69, 9.17) is 5.73 Å². The molecule has 0 spiro atoms. The Hall–Kier alpha value is -1.62. The number of hydrogen-bond donors (Lipinski definition) is 1. The van der Waals surface area contributed by atoms with Crippen LogP contribution in [-0.4, -0.2) is 49.5 Å². The summed E-state index contributed by atoms with van der Waals surface area (Å²) in [5, 5.41) is 0. The van der Waals surface area contributed by atoms with Crippen molar-refractivity contribution in [3.63, 3.8) is 0 Å². The summed E-state index contributed by atoms with van der Waals surface area (Å²) in [6, 6.07) is 3.82. The maximum Gasteiger partial charge on any atom is 0.272 e. The zero-order valence-corrected chi connectivity index (χ0v) is 13.9. The number of anilines is 1. The third kappa shape index (κ3) is 5.01. The number of rotatable bonds is 7. The molecule has 0 aliphatic rings. The first-order valence-electron chi connectivity index (χ1n) is 7.43. The van der Waals surface area contributed by atoms with Crippen LogP contribution in [0.1, 0.15) is 37.7 Å². The second kappa shape index (κ2) is 7.41. The molecule has 0 saturated heterocycles. The van der Waals surface area contributed by atoms with E-state index in [1.54, 1.807) is 25.2 Å². The van der Waals surface area contributed by atoms with Crippen LogP contribution in [0.25, 0.3) is 0 Å². The van der Waals surface area contributed by atoms with Crippen LogP contribution < -0.4 is 10.6 Å². The fourth-order valence-electron chi connectivity index (χ4n) is 2.11. The molecule has 0 aliphatic heterocycles. The molecule has 1 amide bonds. The zero-order valence-electron chi connectivity index (χ0n) is 13.9. The Kier molecular flexibility index (Phi) is 6.15. The van der Waals surface area contributed by atoms with Crippen molar-refractivity contribution in [2.24, 2.45) is 11.1 Å². The van der Waals surface area contributed by atoms with E-state index >= 15 is 0 Å². The number of hydrogen-bond acceptors (Lipinski definition) is 4. The highest BCUT2D eigenvalue weighted by Gasteiger charge is 2.21. The molecule has 0 atom stereocenters. The fraction of sp³-hybridized carbons (Fsp3) is 0.625. The molecule has 0 unspecified atom stereocenters. The van der Waals surface area contributed by atoms with Crippen LogP contribution in [0, 0.1) is 5.41 Å². The predicted octanol–water partition coefficient (Wildman–Crippen LogP) is 1.98. The third-order valence-corrected chi connectivity index (χ3v) is 3.40. The summed E-state index contributed by atoms with van der Waals surface area (Å²) >= 11 is 0. The molecule has 2 N–H and O–H groups in total. The van der Waals surface area contributed by atoms with Crippen molar-refractivity contribution in [1.82, 2.24) is 9.88 Å². The van der Waals surface area contributed by atoms with Crippen LogP contribution in [0.2, 0.25) is 0 Å². The normalized spacial score (nSPS) is 11.3. The molecule has 21 heavy (non-hydrogen) atoms. The minimum Gasteiger partial charge on any atom is -0.371 e. The summed E-state index contributed by atoms with van der Waals surface area (Å²) < 4.78 is 0. The number of nitrogens with two attached hydrogens (primary N) is 1. The SMILES string of the molecule is CCCN(CC(C)(C)CN)c1ccnc(C(=O)N(C)C)c1. The van der Waals surface area contributed by atoms with Gasteiger partial charge in [0.15, 0.2) is 0 Å². The topological polar surface area (TPSA) is 62.5 Å². The summed E-state index contributed by atoms with van der Waals surface area (Å²) in [7, 11) is 3.47. The average molecular weight is 292 g/mol. The van der Waals surface area contributed by atoms with Gasteiger partial charge in [-0.25, -0.2) is 0 Å². The summed E-state index contributed by atoms with van der Waals surface area (Å²) in [5.41, 5.74) is 7.38. The Morgan fingerprint density at radius 3 is 2.57 bits per heavy atom. The summed E-state index contributed by atoms with van der Waals surface area (Å²) in [6.07, 6.45) is 2.74. The van der Waals surface area contributed by atoms with E-state index in [0.29, 0.717) is 12.2 Å². The molecule has 0 saturated carbocycles. The van der Waals surface area contributed by atoms with Crippen molar-refractivity contribution < 1.29 is 4.79 Å². The van der Waals surface area contributed by atoms with Crippen LogP contribution in [0.3, 0.4) is 0 Å². The Morgan fingerprint density at radius 2 is 2.05 bits per heavy atom. The Morgan fingerprint density at radius 1 is 1.38 bits per heavy atom. The molecule has 118 valence electrons. The van der Waals surface area contributed by atoms with Crippen LogP contribution >= 0.6 is 0 Å². The van der Waals surface area contributed by atoms with E-state index in [2.05, 4.69) is 30.7 Å². The van der Waals surface area contributed by atoms with Gasteiger partial charge in [-0.15, -0.1) is 0 Å². The number of pyridine rings is 1. The molecular formula is C16H28N4O. The van der Waals surface area contributed by atoms with Gasteiger partial charge in [0.2, 0.25) is 0 Å². The largest absolute Gasteiger partial charge is 0.371 e. The minimum atomic E-state index is -0.0774. The average Bonchev–Trinajstić information content (AvgIpc) is 2.46. The monoisotopic (exact) mass is 292 g/mol. The standard InChI is InChI=1S/C16H28N4O/c1-6-9-20(12-16(2,3)11-17)13-7-8-18-14(10-13)15(21)19(4)5/h7-8,10H,6,9,11-12,17H2,1-5H3. The van der Waals surface area contributed by atoms with Gasteiger partial charge in [-0.3, -0.25) is 9.78 Å². The lowest BCUT2D eigenvalue weighted by Gasteiger charge is -2.33. The van der Waals surface area contributed by atoms with Crippen LogP contribution in [0.15, 0.2) is 18.3 Å². The first kappa shape index (κ1) is 17.4. The smallest absolute Gasteiger partial charge is 0.272 e. The summed E-state index contributed by atoms with van der Waals surface area (Å²) in [6.45, 7) is 8.88. The van der Waals surface area contributed by atoms with E-state index in [1.807, 2.05) is 12.1 Å². The molecular weight excluding hydrogens is 264 g/mol. The van der Waals surface area contributed by atoms with Crippen LogP contribution in [-0.2, 0) is 0 Å². The molecule has 0 aromatic carbocycles.